The molecular formula is C24H14Cl2O4. The molecule has 6 heteroatoms. The molecule has 1 aliphatic rings. The predicted octanol–water partition coefficient (Wildman–Crippen LogP) is 6.08. The zero-order valence-electron chi connectivity index (χ0n) is 15.4. The van der Waals surface area contributed by atoms with E-state index in [0.29, 0.717) is 48.8 Å². The van der Waals surface area contributed by atoms with Gasteiger partial charge < -0.3 is 9.52 Å². The number of carboxylic acids is 1. The monoisotopic (exact) mass is 436 g/mol. The fraction of sp³-hybridized carbons (Fsp3) is 0.0833. The Morgan fingerprint density at radius 1 is 0.900 bits per heavy atom. The summed E-state index contributed by atoms with van der Waals surface area (Å²) in [6, 6.07) is 19.2. The van der Waals surface area contributed by atoms with Gasteiger partial charge in [0.2, 0.25) is 0 Å². The van der Waals surface area contributed by atoms with Crippen LogP contribution in [0.2, 0.25) is 10.0 Å². The molecule has 0 bridgehead atoms. The molecule has 3 aromatic carbocycles. The van der Waals surface area contributed by atoms with E-state index in [4.69, 9.17) is 27.6 Å². The lowest BCUT2D eigenvalue weighted by Gasteiger charge is -2.33. The Morgan fingerprint density at radius 2 is 1.60 bits per heavy atom. The van der Waals surface area contributed by atoms with Gasteiger partial charge in [-0.25, -0.2) is 4.79 Å². The van der Waals surface area contributed by atoms with Crippen molar-refractivity contribution in [3.63, 3.8) is 0 Å². The Hall–Kier alpha value is -3.08. The van der Waals surface area contributed by atoms with Gasteiger partial charge in [0.1, 0.15) is 5.76 Å². The quantitative estimate of drug-likeness (QED) is 0.413. The van der Waals surface area contributed by atoms with Gasteiger partial charge in [0.05, 0.1) is 11.3 Å². The summed E-state index contributed by atoms with van der Waals surface area (Å²) in [6.45, 7) is 0. The van der Waals surface area contributed by atoms with Crippen molar-refractivity contribution in [2.45, 2.75) is 11.8 Å². The smallest absolute Gasteiger partial charge is 0.344 e. The molecule has 1 N–H and O–H groups in total. The van der Waals surface area contributed by atoms with Gasteiger partial charge in [-0.1, -0.05) is 71.7 Å². The Bertz CT molecular complexity index is 1390. The number of aliphatic carboxylic acids is 1. The first kappa shape index (κ1) is 18.9. The molecule has 0 spiro atoms. The topological polar surface area (TPSA) is 67.5 Å². The average Bonchev–Trinajstić information content (AvgIpc) is 2.73. The van der Waals surface area contributed by atoms with Crippen LogP contribution < -0.4 is 5.63 Å². The van der Waals surface area contributed by atoms with Gasteiger partial charge in [0.15, 0.2) is 0 Å². The van der Waals surface area contributed by atoms with E-state index in [1.807, 2.05) is 12.1 Å². The SMILES string of the molecule is O=C(O)[C@H]1c2ccccc2-c2oc(=O)c3ccccc3c2[C@@H]1c1ccc(Cl)cc1Cl. The third-order valence-electron chi connectivity index (χ3n) is 5.62. The van der Waals surface area contributed by atoms with Crippen molar-refractivity contribution in [2.75, 3.05) is 0 Å². The van der Waals surface area contributed by atoms with Gasteiger partial charge >= 0.3 is 11.6 Å². The molecule has 0 radical (unpaired) electrons. The number of rotatable bonds is 2. The van der Waals surface area contributed by atoms with Crippen LogP contribution in [0, 0.1) is 0 Å². The molecule has 1 aliphatic carbocycles. The maximum atomic E-state index is 12.7. The first-order valence-corrected chi connectivity index (χ1v) is 10.1. The molecule has 0 fully saturated rings. The number of carboxylic acid groups (broad SMARTS) is 1. The maximum absolute atomic E-state index is 12.7. The predicted molar refractivity (Wildman–Crippen MR) is 117 cm³/mol. The van der Waals surface area contributed by atoms with Crippen LogP contribution in [0.3, 0.4) is 0 Å². The van der Waals surface area contributed by atoms with Crippen LogP contribution in [0.4, 0.5) is 0 Å². The third-order valence-corrected chi connectivity index (χ3v) is 6.19. The van der Waals surface area contributed by atoms with Gasteiger partial charge in [-0.05, 0) is 34.7 Å². The van der Waals surface area contributed by atoms with Gasteiger partial charge in [0, 0.05) is 27.1 Å². The zero-order chi connectivity index (χ0) is 21.0. The van der Waals surface area contributed by atoms with E-state index in [9.17, 15) is 14.7 Å². The highest BCUT2D eigenvalue weighted by Gasteiger charge is 2.42. The number of hydrogen-bond acceptors (Lipinski definition) is 3. The third kappa shape index (κ3) is 2.76. The number of fused-ring (bicyclic) bond motifs is 5. The summed E-state index contributed by atoms with van der Waals surface area (Å²) < 4.78 is 5.77. The van der Waals surface area contributed by atoms with Gasteiger partial charge in [0.25, 0.3) is 0 Å². The lowest BCUT2D eigenvalue weighted by Crippen LogP contribution is -2.27. The van der Waals surface area contributed by atoms with E-state index in [0.717, 1.165) is 0 Å². The molecule has 0 unspecified atom stereocenters. The van der Waals surface area contributed by atoms with E-state index in [1.54, 1.807) is 54.6 Å². The minimum absolute atomic E-state index is 0.361. The molecule has 1 aromatic heterocycles. The van der Waals surface area contributed by atoms with Crippen molar-refractivity contribution in [1.29, 1.82) is 0 Å². The fourth-order valence-corrected chi connectivity index (χ4v) is 4.94. The molecule has 0 saturated carbocycles. The first-order chi connectivity index (χ1) is 14.5. The number of carbonyl (C=O) groups is 1. The lowest BCUT2D eigenvalue weighted by atomic mass is 9.69. The Kier molecular flexibility index (Phi) is 4.42. The van der Waals surface area contributed by atoms with Crippen molar-refractivity contribution < 1.29 is 14.3 Å². The van der Waals surface area contributed by atoms with E-state index in [1.165, 1.54) is 0 Å². The second kappa shape index (κ2) is 7.01. The normalized spacial score (nSPS) is 17.4. The Morgan fingerprint density at radius 3 is 2.33 bits per heavy atom. The Labute approximate surface area is 181 Å². The van der Waals surface area contributed by atoms with Crippen molar-refractivity contribution >= 4 is 39.9 Å². The highest BCUT2D eigenvalue weighted by molar-refractivity contribution is 6.35. The standard InChI is InChI=1S/C24H14Cl2O4/c25-12-9-10-17(18(26)11-12)19-20-14-6-2-4-8-16(14)24(29)30-22(20)15-7-3-1-5-13(15)21(19)23(27)28/h1-11,19,21H,(H,27,28)/t19-,21-/m0/s1. The minimum Gasteiger partial charge on any atom is -0.481 e. The Balaban J connectivity index is 1.97. The highest BCUT2D eigenvalue weighted by Crippen LogP contribution is 2.52. The summed E-state index contributed by atoms with van der Waals surface area (Å²) in [7, 11) is 0. The van der Waals surface area contributed by atoms with Crippen molar-refractivity contribution in [3.8, 4) is 11.3 Å². The number of benzene rings is 3. The molecule has 0 aliphatic heterocycles. The molecule has 2 atom stereocenters. The summed E-state index contributed by atoms with van der Waals surface area (Å²) in [6.07, 6.45) is 0. The van der Waals surface area contributed by atoms with E-state index < -0.39 is 23.4 Å². The first-order valence-electron chi connectivity index (χ1n) is 9.30. The van der Waals surface area contributed by atoms with Crippen LogP contribution in [-0.4, -0.2) is 11.1 Å². The molecular weight excluding hydrogens is 423 g/mol. The van der Waals surface area contributed by atoms with Gasteiger partial charge in [-0.15, -0.1) is 0 Å². The zero-order valence-corrected chi connectivity index (χ0v) is 16.9. The van der Waals surface area contributed by atoms with Crippen LogP contribution in [0.25, 0.3) is 22.1 Å². The van der Waals surface area contributed by atoms with Gasteiger partial charge in [-0.3, -0.25) is 4.79 Å². The summed E-state index contributed by atoms with van der Waals surface area (Å²) in [4.78, 5) is 25.2. The molecule has 4 nitrogen and oxygen atoms in total. The number of halogens is 2. The molecule has 1 heterocycles. The average molecular weight is 437 g/mol. The van der Waals surface area contributed by atoms with E-state index >= 15 is 0 Å². The summed E-state index contributed by atoms with van der Waals surface area (Å²) in [5.41, 5.74) is 1.97. The second-order valence-electron chi connectivity index (χ2n) is 7.22. The lowest BCUT2D eigenvalue weighted by molar-refractivity contribution is -0.139. The fourth-order valence-electron chi connectivity index (χ4n) is 4.42. The van der Waals surface area contributed by atoms with Crippen molar-refractivity contribution in [1.82, 2.24) is 0 Å². The molecule has 30 heavy (non-hydrogen) atoms. The largest absolute Gasteiger partial charge is 0.481 e. The van der Waals surface area contributed by atoms with Crippen LogP contribution in [-0.2, 0) is 4.79 Å². The molecule has 5 rings (SSSR count). The highest BCUT2D eigenvalue weighted by atomic mass is 35.5. The molecule has 4 aromatic rings. The van der Waals surface area contributed by atoms with E-state index in [-0.39, 0.29) is 0 Å². The van der Waals surface area contributed by atoms with E-state index in [2.05, 4.69) is 0 Å². The van der Waals surface area contributed by atoms with Crippen LogP contribution >= 0.6 is 23.2 Å². The summed E-state index contributed by atoms with van der Waals surface area (Å²) >= 11 is 12.6. The van der Waals surface area contributed by atoms with Crippen molar-refractivity contribution in [2.24, 2.45) is 0 Å². The van der Waals surface area contributed by atoms with Crippen molar-refractivity contribution in [3.05, 3.63) is 104 Å². The van der Waals surface area contributed by atoms with Gasteiger partial charge in [-0.2, -0.15) is 0 Å². The summed E-state index contributed by atoms with van der Waals surface area (Å²) in [5.74, 6) is -2.18. The molecule has 0 amide bonds. The summed E-state index contributed by atoms with van der Waals surface area (Å²) in [5, 5.41) is 12.1. The van der Waals surface area contributed by atoms with Crippen LogP contribution in [0.1, 0.15) is 28.5 Å². The molecule has 0 saturated heterocycles. The number of hydrogen-bond donors (Lipinski definition) is 1. The second-order valence-corrected chi connectivity index (χ2v) is 8.07. The maximum Gasteiger partial charge on any atom is 0.344 e. The minimum atomic E-state index is -0.987. The van der Waals surface area contributed by atoms with Crippen LogP contribution in [0.5, 0.6) is 0 Å². The van der Waals surface area contributed by atoms with Crippen LogP contribution in [0.15, 0.2) is 75.9 Å². The molecule has 148 valence electrons.